The van der Waals surface area contributed by atoms with Crippen LogP contribution in [-0.4, -0.2) is 51.2 Å². The molecule has 1 aromatic heterocycles. The van der Waals surface area contributed by atoms with Crippen molar-refractivity contribution in [1.82, 2.24) is 25.4 Å². The molecular weight excluding hydrogens is 210 g/mol. The quantitative estimate of drug-likeness (QED) is 0.658. The van der Waals surface area contributed by atoms with E-state index in [2.05, 4.69) is 25.6 Å². The van der Waals surface area contributed by atoms with Gasteiger partial charge in [0.15, 0.2) is 11.7 Å². The topological polar surface area (TPSA) is 89.0 Å². The van der Waals surface area contributed by atoms with Gasteiger partial charge in [0.25, 0.3) is 0 Å². The van der Waals surface area contributed by atoms with Crippen LogP contribution >= 0.6 is 0 Å². The predicted octanol–water partition coefficient (Wildman–Crippen LogP) is -0.645. The highest BCUT2D eigenvalue weighted by Crippen LogP contribution is 2.13. The van der Waals surface area contributed by atoms with E-state index in [0.717, 1.165) is 0 Å². The number of carbonyl (C=O) groups is 1. The first kappa shape index (κ1) is 8.89. The Labute approximate surface area is 90.6 Å². The van der Waals surface area contributed by atoms with Crippen LogP contribution in [0.25, 0.3) is 0 Å². The molecule has 0 unspecified atom stereocenters. The van der Waals surface area contributed by atoms with Crippen LogP contribution in [0, 0.1) is 0 Å². The maximum atomic E-state index is 11.7. The number of fused-ring (bicyclic) bond motifs is 1. The summed E-state index contributed by atoms with van der Waals surface area (Å²) < 4.78 is 0. The Hall–Kier alpha value is -2.38. The van der Waals surface area contributed by atoms with Crippen molar-refractivity contribution in [2.24, 2.45) is 10.1 Å². The minimum Gasteiger partial charge on any atom is -0.343 e. The second-order valence-electron chi connectivity index (χ2n) is 3.39. The van der Waals surface area contributed by atoms with Crippen molar-refractivity contribution in [3.63, 3.8) is 0 Å². The summed E-state index contributed by atoms with van der Waals surface area (Å²) in [4.78, 5) is 24.5. The van der Waals surface area contributed by atoms with Gasteiger partial charge in [-0.05, 0) is 0 Å². The molecule has 2 amide bonds. The zero-order valence-electron chi connectivity index (χ0n) is 8.51. The van der Waals surface area contributed by atoms with Gasteiger partial charge in [0.1, 0.15) is 12.4 Å². The third-order valence-electron chi connectivity index (χ3n) is 2.38. The van der Waals surface area contributed by atoms with Crippen molar-refractivity contribution in [2.45, 2.75) is 0 Å². The highest BCUT2D eigenvalue weighted by molar-refractivity contribution is 6.49. The van der Waals surface area contributed by atoms with Crippen LogP contribution in [0.15, 0.2) is 22.5 Å². The van der Waals surface area contributed by atoms with Gasteiger partial charge in [-0.3, -0.25) is 9.89 Å². The fraction of sp³-hybridized carbons (Fsp3) is 0.250. The first-order valence-electron chi connectivity index (χ1n) is 4.70. The molecule has 3 rings (SSSR count). The maximum absolute atomic E-state index is 11.7. The molecule has 2 aliphatic heterocycles. The molecule has 16 heavy (non-hydrogen) atoms. The van der Waals surface area contributed by atoms with Gasteiger partial charge >= 0.3 is 6.03 Å². The molecule has 0 radical (unpaired) electrons. The van der Waals surface area contributed by atoms with Gasteiger partial charge in [0.2, 0.25) is 0 Å². The molecule has 0 saturated carbocycles. The zero-order chi connectivity index (χ0) is 11.1. The number of aromatic nitrogens is 2. The minimum atomic E-state index is -0.185. The maximum Gasteiger partial charge on any atom is 0.346 e. The molecule has 82 valence electrons. The molecular formula is C8H9N7O. The molecule has 0 spiro atoms. The number of hydrogen-bond acceptors (Lipinski definition) is 5. The van der Waals surface area contributed by atoms with Crippen LogP contribution < -0.4 is 5.53 Å². The van der Waals surface area contributed by atoms with Crippen LogP contribution in [0.1, 0.15) is 5.82 Å². The number of rotatable bonds is 1. The monoisotopic (exact) mass is 219 g/mol. The Kier molecular flexibility index (Phi) is 1.70. The van der Waals surface area contributed by atoms with Crippen molar-refractivity contribution in [2.75, 3.05) is 13.7 Å². The van der Waals surface area contributed by atoms with Gasteiger partial charge in [-0.15, -0.1) is 5.10 Å². The van der Waals surface area contributed by atoms with Crippen molar-refractivity contribution in [1.29, 1.82) is 0 Å². The van der Waals surface area contributed by atoms with Crippen LogP contribution in [0.3, 0.4) is 0 Å². The Morgan fingerprint density at radius 1 is 1.50 bits per heavy atom. The fourth-order valence-electron chi connectivity index (χ4n) is 1.59. The molecule has 3 heterocycles. The lowest BCUT2D eigenvalue weighted by molar-refractivity contribution is 0.159. The summed E-state index contributed by atoms with van der Waals surface area (Å²) in [6.45, 7) is 0.277. The van der Waals surface area contributed by atoms with Gasteiger partial charge in [-0.25, -0.2) is 20.3 Å². The number of amidine groups is 1. The van der Waals surface area contributed by atoms with E-state index >= 15 is 0 Å². The van der Waals surface area contributed by atoms with Crippen molar-refractivity contribution in [3.05, 3.63) is 18.2 Å². The van der Waals surface area contributed by atoms with Gasteiger partial charge in [0.05, 0.1) is 0 Å². The number of aromatic amines is 1. The molecule has 8 heteroatoms. The number of urea groups is 1. The number of amides is 2. The van der Waals surface area contributed by atoms with Crippen LogP contribution in [-0.2, 0) is 0 Å². The molecule has 1 aromatic rings. The molecule has 0 aromatic carbocycles. The van der Waals surface area contributed by atoms with Gasteiger partial charge in [0, 0.05) is 19.4 Å². The number of hydrazine groups is 1. The predicted molar refractivity (Wildman–Crippen MR) is 55.6 cm³/mol. The SMILES string of the molecule is CN1NN=C2C(c3ncc[nH]3)=NCN2C1=O. The lowest BCUT2D eigenvalue weighted by atomic mass is 10.3. The third kappa shape index (κ3) is 1.09. The van der Waals surface area contributed by atoms with Crippen LogP contribution in [0.4, 0.5) is 4.79 Å². The van der Waals surface area contributed by atoms with E-state index in [9.17, 15) is 4.79 Å². The molecule has 0 saturated heterocycles. The lowest BCUT2D eigenvalue weighted by Crippen LogP contribution is -2.53. The molecule has 0 atom stereocenters. The normalized spacial score (nSPS) is 19.2. The number of nitrogens with zero attached hydrogens (tertiary/aromatic N) is 5. The molecule has 0 fully saturated rings. The summed E-state index contributed by atoms with van der Waals surface area (Å²) >= 11 is 0. The van der Waals surface area contributed by atoms with Crippen molar-refractivity contribution in [3.8, 4) is 0 Å². The summed E-state index contributed by atoms with van der Waals surface area (Å²) in [6.07, 6.45) is 3.33. The Morgan fingerprint density at radius 3 is 3.12 bits per heavy atom. The molecule has 2 N–H and O–H groups in total. The number of hydrogen-bond donors (Lipinski definition) is 2. The molecule has 8 nitrogen and oxygen atoms in total. The highest BCUT2D eigenvalue weighted by atomic mass is 16.2. The lowest BCUT2D eigenvalue weighted by Gasteiger charge is -2.27. The Bertz CT molecular complexity index is 488. The summed E-state index contributed by atoms with van der Waals surface area (Å²) in [5.74, 6) is 1.11. The van der Waals surface area contributed by atoms with E-state index < -0.39 is 0 Å². The third-order valence-corrected chi connectivity index (χ3v) is 2.38. The Morgan fingerprint density at radius 2 is 2.38 bits per heavy atom. The summed E-state index contributed by atoms with van der Waals surface area (Å²) in [7, 11) is 1.60. The van der Waals surface area contributed by atoms with E-state index in [0.29, 0.717) is 17.4 Å². The smallest absolute Gasteiger partial charge is 0.343 e. The first-order valence-corrected chi connectivity index (χ1v) is 4.70. The number of carbonyl (C=O) groups excluding carboxylic acids is 1. The van der Waals surface area contributed by atoms with Crippen molar-refractivity contribution >= 4 is 17.6 Å². The van der Waals surface area contributed by atoms with Gasteiger partial charge < -0.3 is 4.98 Å². The second-order valence-corrected chi connectivity index (χ2v) is 3.39. The number of nitrogens with one attached hydrogen (secondary N) is 2. The van der Waals surface area contributed by atoms with E-state index in [1.54, 1.807) is 19.4 Å². The average Bonchev–Trinajstić information content (AvgIpc) is 2.91. The van der Waals surface area contributed by atoms with Crippen LogP contribution in [0.5, 0.6) is 0 Å². The fourth-order valence-corrected chi connectivity index (χ4v) is 1.59. The number of aliphatic imine (C=N–C) groups is 1. The zero-order valence-corrected chi connectivity index (χ0v) is 8.51. The second kappa shape index (κ2) is 3.05. The largest absolute Gasteiger partial charge is 0.346 e. The van der Waals surface area contributed by atoms with Gasteiger partial charge in [-0.1, -0.05) is 0 Å². The first-order chi connectivity index (χ1) is 7.77. The minimum absolute atomic E-state index is 0.185. The standard InChI is InChI=1S/C8H9N7O/c1-14-8(16)15-4-11-5(7(15)12-13-14)6-9-2-3-10-6/h2-3,13H,4H2,1H3,(H,9,10). The van der Waals surface area contributed by atoms with Gasteiger partial charge in [-0.2, -0.15) is 0 Å². The summed E-state index contributed by atoms with van der Waals surface area (Å²) in [6, 6.07) is -0.185. The molecule has 2 aliphatic rings. The molecule has 0 bridgehead atoms. The molecule has 0 aliphatic carbocycles. The van der Waals surface area contributed by atoms with E-state index in [1.165, 1.54) is 9.91 Å². The summed E-state index contributed by atoms with van der Waals surface area (Å²) in [5.41, 5.74) is 3.20. The average molecular weight is 219 g/mol. The number of hydrazone groups is 1. The van der Waals surface area contributed by atoms with E-state index in [-0.39, 0.29) is 12.7 Å². The number of H-pyrrole nitrogens is 1. The number of imidazole rings is 1. The highest BCUT2D eigenvalue weighted by Gasteiger charge is 2.35. The van der Waals surface area contributed by atoms with E-state index in [1.807, 2.05) is 0 Å². The summed E-state index contributed by atoms with van der Waals surface area (Å²) in [5, 5.41) is 5.36. The van der Waals surface area contributed by atoms with Crippen molar-refractivity contribution < 1.29 is 4.79 Å². The Balaban J connectivity index is 1.98. The van der Waals surface area contributed by atoms with Crippen LogP contribution in [0.2, 0.25) is 0 Å². The van der Waals surface area contributed by atoms with E-state index in [4.69, 9.17) is 0 Å².